The van der Waals surface area contributed by atoms with Crippen LogP contribution in [-0.4, -0.2) is 23.9 Å². The molecule has 140 valence electrons. The van der Waals surface area contributed by atoms with Crippen molar-refractivity contribution in [3.63, 3.8) is 0 Å². The highest BCUT2D eigenvalue weighted by atomic mass is 35.5. The Morgan fingerprint density at radius 2 is 1.74 bits per heavy atom. The Balaban J connectivity index is 1.45. The molecule has 0 bridgehead atoms. The van der Waals surface area contributed by atoms with Gasteiger partial charge in [-0.25, -0.2) is 0 Å². The third-order valence-corrected chi connectivity index (χ3v) is 7.05. The van der Waals surface area contributed by atoms with Crippen LogP contribution in [0.3, 0.4) is 0 Å². The second-order valence-corrected chi connectivity index (χ2v) is 8.65. The maximum atomic E-state index is 13.7. The summed E-state index contributed by atoms with van der Waals surface area (Å²) in [7, 11) is 0. The number of rotatable bonds is 2. The van der Waals surface area contributed by atoms with Gasteiger partial charge in [-0.1, -0.05) is 60.8 Å². The van der Waals surface area contributed by atoms with Crippen molar-refractivity contribution < 1.29 is 9.53 Å². The number of ether oxygens (including phenoxy) is 1. The highest BCUT2D eigenvalue weighted by Crippen LogP contribution is 2.47. The molecule has 1 aliphatic carbocycles. The third kappa shape index (κ3) is 2.63. The number of hydrogen-bond donors (Lipinski definition) is 0. The predicted molar refractivity (Wildman–Crippen MR) is 106 cm³/mol. The van der Waals surface area contributed by atoms with Crippen LogP contribution in [0.1, 0.15) is 48.8 Å². The van der Waals surface area contributed by atoms with Crippen molar-refractivity contribution in [1.29, 1.82) is 0 Å². The van der Waals surface area contributed by atoms with E-state index < -0.39 is 5.41 Å². The topological polar surface area (TPSA) is 29.5 Å². The van der Waals surface area contributed by atoms with Gasteiger partial charge in [0.25, 0.3) is 0 Å². The lowest BCUT2D eigenvalue weighted by Crippen LogP contribution is -2.45. The minimum absolute atomic E-state index is 0.271. The Morgan fingerprint density at radius 1 is 1.00 bits per heavy atom. The lowest BCUT2D eigenvalue weighted by molar-refractivity contribution is -0.138. The summed E-state index contributed by atoms with van der Waals surface area (Å²) in [6.07, 6.45) is 4.94. The number of carbonyl (C=O) groups is 1. The first kappa shape index (κ1) is 17.3. The van der Waals surface area contributed by atoms with Gasteiger partial charge in [-0.2, -0.15) is 0 Å². The number of carbonyl (C=O) groups excluding carboxylic acids is 1. The summed E-state index contributed by atoms with van der Waals surface area (Å²) in [5.74, 6) is 0.271. The number of nitrogens with zero attached hydrogens (tertiary/aromatic N) is 1. The lowest BCUT2D eigenvalue weighted by atomic mass is 9.77. The first-order chi connectivity index (χ1) is 13.1. The number of benzene rings is 2. The van der Waals surface area contributed by atoms with Crippen molar-refractivity contribution in [2.24, 2.45) is 0 Å². The van der Waals surface area contributed by atoms with Gasteiger partial charge in [0.05, 0.1) is 18.6 Å². The Kier molecular flexibility index (Phi) is 4.06. The lowest BCUT2D eigenvalue weighted by Gasteiger charge is -2.34. The van der Waals surface area contributed by atoms with E-state index in [1.807, 2.05) is 24.3 Å². The summed E-state index contributed by atoms with van der Waals surface area (Å²) >= 11 is 6.09. The van der Waals surface area contributed by atoms with Crippen LogP contribution in [-0.2, 0) is 27.2 Å². The average Bonchev–Trinajstić information content (AvgIpc) is 3.43. The number of hydrogen-bond acceptors (Lipinski definition) is 2. The van der Waals surface area contributed by atoms with E-state index in [-0.39, 0.29) is 11.5 Å². The molecule has 1 amide bonds. The smallest absolute Gasteiger partial charge is 0.233 e. The quantitative estimate of drug-likeness (QED) is 0.747. The average molecular weight is 382 g/mol. The van der Waals surface area contributed by atoms with Gasteiger partial charge in [-0.15, -0.1) is 0 Å². The third-order valence-electron chi connectivity index (χ3n) is 6.79. The molecule has 2 aliphatic heterocycles. The van der Waals surface area contributed by atoms with Crippen molar-refractivity contribution in [2.75, 3.05) is 13.1 Å². The summed E-state index contributed by atoms with van der Waals surface area (Å²) in [5.41, 5.74) is 2.94. The molecule has 1 atom stereocenters. The second-order valence-electron chi connectivity index (χ2n) is 8.21. The monoisotopic (exact) mass is 381 g/mol. The summed E-state index contributed by atoms with van der Waals surface area (Å²) in [6, 6.07) is 16.3. The Bertz CT molecular complexity index is 872. The Morgan fingerprint density at radius 3 is 2.52 bits per heavy atom. The molecule has 27 heavy (non-hydrogen) atoms. The van der Waals surface area contributed by atoms with E-state index in [1.54, 1.807) is 0 Å². The van der Waals surface area contributed by atoms with Gasteiger partial charge in [0.15, 0.2) is 0 Å². The maximum absolute atomic E-state index is 13.7. The zero-order valence-corrected chi connectivity index (χ0v) is 16.2. The van der Waals surface area contributed by atoms with Crippen molar-refractivity contribution in [1.82, 2.24) is 4.90 Å². The van der Waals surface area contributed by atoms with E-state index in [1.165, 1.54) is 11.1 Å². The molecule has 1 spiro atoms. The highest BCUT2D eigenvalue weighted by molar-refractivity contribution is 6.30. The van der Waals surface area contributed by atoms with Gasteiger partial charge in [-0.05, 0) is 48.1 Å². The first-order valence-corrected chi connectivity index (χ1v) is 10.3. The summed E-state index contributed by atoms with van der Waals surface area (Å²) in [5, 5.41) is 0.718. The largest absolute Gasteiger partial charge is 0.364 e. The number of halogens is 1. The molecule has 0 aromatic heterocycles. The molecule has 0 N–H and O–H groups in total. The van der Waals surface area contributed by atoms with Crippen molar-refractivity contribution in [3.8, 4) is 0 Å². The van der Waals surface area contributed by atoms with Gasteiger partial charge < -0.3 is 9.64 Å². The standard InChI is InChI=1S/C23H24ClNO2/c24-19-9-7-18(8-10-19)22(11-3-4-12-22)21(26)25-14-13-23(16-25)20-6-2-1-5-17(20)15-27-23/h1-2,5-10H,3-4,11-16H2/t23-/m0/s1. The van der Waals surface area contributed by atoms with Gasteiger partial charge in [0, 0.05) is 11.6 Å². The first-order valence-electron chi connectivity index (χ1n) is 9.91. The SMILES string of the molecule is O=C(N1CC[C@@]2(C1)OCc1ccccc12)C1(c2ccc(Cl)cc2)CCCC1. The Hall–Kier alpha value is -1.84. The molecule has 2 aromatic rings. The zero-order chi connectivity index (χ0) is 18.5. The number of fused-ring (bicyclic) bond motifs is 2. The van der Waals surface area contributed by atoms with Gasteiger partial charge in [-0.3, -0.25) is 4.79 Å². The summed E-state index contributed by atoms with van der Waals surface area (Å²) in [6.45, 7) is 2.08. The molecule has 4 heteroatoms. The van der Waals surface area contributed by atoms with Crippen LogP contribution in [0.4, 0.5) is 0 Å². The van der Waals surface area contributed by atoms with Crippen molar-refractivity contribution >= 4 is 17.5 Å². The minimum Gasteiger partial charge on any atom is -0.364 e. The molecule has 3 aliphatic rings. The summed E-state index contributed by atoms with van der Waals surface area (Å²) < 4.78 is 6.26. The van der Waals surface area contributed by atoms with Gasteiger partial charge in [0.2, 0.25) is 5.91 Å². The van der Waals surface area contributed by atoms with Crippen LogP contribution in [0.15, 0.2) is 48.5 Å². The zero-order valence-electron chi connectivity index (χ0n) is 15.4. The van der Waals surface area contributed by atoms with Gasteiger partial charge in [0.1, 0.15) is 5.60 Å². The molecule has 2 fully saturated rings. The molecule has 2 aromatic carbocycles. The molecule has 3 nitrogen and oxygen atoms in total. The molecule has 2 heterocycles. The molecule has 1 saturated heterocycles. The second kappa shape index (κ2) is 6.35. The summed E-state index contributed by atoms with van der Waals surface area (Å²) in [4.78, 5) is 15.8. The molecule has 0 radical (unpaired) electrons. The van der Waals surface area contributed by atoms with E-state index in [0.717, 1.165) is 49.2 Å². The molecule has 0 unspecified atom stereocenters. The van der Waals surface area contributed by atoms with Crippen LogP contribution in [0.5, 0.6) is 0 Å². The molecular weight excluding hydrogens is 358 g/mol. The van der Waals surface area contributed by atoms with Crippen molar-refractivity contribution in [3.05, 3.63) is 70.2 Å². The predicted octanol–water partition coefficient (Wildman–Crippen LogP) is 4.81. The molecular formula is C23H24ClNO2. The van der Waals surface area contributed by atoms with Crippen LogP contribution < -0.4 is 0 Å². The fraction of sp³-hybridized carbons (Fsp3) is 0.435. The fourth-order valence-electron chi connectivity index (χ4n) is 5.35. The Labute approximate surface area is 165 Å². The van der Waals surface area contributed by atoms with E-state index in [0.29, 0.717) is 13.2 Å². The van der Waals surface area contributed by atoms with Crippen LogP contribution in [0.2, 0.25) is 5.02 Å². The fourth-order valence-corrected chi connectivity index (χ4v) is 5.48. The number of likely N-dealkylation sites (tertiary alicyclic amines) is 1. The molecule has 5 rings (SSSR count). The van der Waals surface area contributed by atoms with E-state index in [4.69, 9.17) is 16.3 Å². The van der Waals surface area contributed by atoms with Gasteiger partial charge >= 0.3 is 0 Å². The van der Waals surface area contributed by atoms with Crippen LogP contribution in [0.25, 0.3) is 0 Å². The van der Waals surface area contributed by atoms with E-state index >= 15 is 0 Å². The minimum atomic E-state index is -0.395. The highest BCUT2D eigenvalue weighted by Gasteiger charge is 2.51. The normalized spacial score (nSPS) is 25.9. The van der Waals surface area contributed by atoms with Crippen LogP contribution >= 0.6 is 11.6 Å². The van der Waals surface area contributed by atoms with E-state index in [2.05, 4.69) is 29.2 Å². The molecule has 1 saturated carbocycles. The van der Waals surface area contributed by atoms with Crippen LogP contribution in [0, 0.1) is 0 Å². The number of amides is 1. The van der Waals surface area contributed by atoms with Crippen molar-refractivity contribution in [2.45, 2.75) is 49.7 Å². The van der Waals surface area contributed by atoms with E-state index in [9.17, 15) is 4.79 Å². The maximum Gasteiger partial charge on any atom is 0.233 e.